The van der Waals surface area contributed by atoms with Crippen molar-refractivity contribution in [3.8, 4) is 11.5 Å². The normalized spacial score (nSPS) is 10.6. The van der Waals surface area contributed by atoms with Crippen LogP contribution in [0.25, 0.3) is 0 Å². The minimum atomic E-state index is -0.220. The summed E-state index contributed by atoms with van der Waals surface area (Å²) in [6.45, 7) is 5.97. The smallest absolute Gasteiger partial charge is 0.262 e. The number of aryl methyl sites for hydroxylation is 1. The van der Waals surface area contributed by atoms with Crippen molar-refractivity contribution < 1.29 is 14.3 Å². The maximum absolute atomic E-state index is 12.1. The third-order valence-electron chi connectivity index (χ3n) is 3.65. The molecule has 0 atom stereocenters. The van der Waals surface area contributed by atoms with Crippen LogP contribution in [0.1, 0.15) is 30.9 Å². The lowest BCUT2D eigenvalue weighted by molar-refractivity contribution is -0.118. The highest BCUT2D eigenvalue weighted by atomic mass is 35.5. The molecule has 0 aliphatic carbocycles. The first-order valence-electron chi connectivity index (χ1n) is 7.77. The van der Waals surface area contributed by atoms with E-state index in [9.17, 15) is 4.79 Å². The summed E-state index contributed by atoms with van der Waals surface area (Å²) in [5.74, 6) is 1.46. The van der Waals surface area contributed by atoms with Crippen LogP contribution >= 0.6 is 11.6 Å². The topological polar surface area (TPSA) is 47.6 Å². The summed E-state index contributed by atoms with van der Waals surface area (Å²) in [6, 6.07) is 10.9. The summed E-state index contributed by atoms with van der Waals surface area (Å²) in [6.07, 6.45) is 0. The quantitative estimate of drug-likeness (QED) is 0.816. The zero-order chi connectivity index (χ0) is 17.7. The molecule has 0 saturated carbocycles. The van der Waals surface area contributed by atoms with E-state index in [2.05, 4.69) is 19.2 Å². The first kappa shape index (κ1) is 18.1. The highest BCUT2D eigenvalue weighted by Crippen LogP contribution is 2.32. The molecule has 2 aromatic rings. The number of carbonyl (C=O) groups excluding carboxylic acids is 1. The molecule has 1 amide bonds. The van der Waals surface area contributed by atoms with Gasteiger partial charge in [-0.15, -0.1) is 0 Å². The second kappa shape index (κ2) is 8.06. The van der Waals surface area contributed by atoms with E-state index in [1.54, 1.807) is 31.4 Å². The van der Waals surface area contributed by atoms with Gasteiger partial charge < -0.3 is 14.8 Å². The number of hydrogen-bond donors (Lipinski definition) is 1. The first-order chi connectivity index (χ1) is 11.4. The van der Waals surface area contributed by atoms with Crippen molar-refractivity contribution in [2.45, 2.75) is 26.7 Å². The lowest BCUT2D eigenvalue weighted by Gasteiger charge is -2.16. The Balaban J connectivity index is 2.01. The Kier molecular flexibility index (Phi) is 6.10. The van der Waals surface area contributed by atoms with Crippen LogP contribution in [0.15, 0.2) is 36.4 Å². The summed E-state index contributed by atoms with van der Waals surface area (Å²) < 4.78 is 10.8. The number of carbonyl (C=O) groups is 1. The minimum Gasteiger partial charge on any atom is -0.497 e. The Morgan fingerprint density at radius 2 is 1.88 bits per heavy atom. The van der Waals surface area contributed by atoms with Crippen LogP contribution in [-0.4, -0.2) is 19.6 Å². The number of rotatable bonds is 6. The molecule has 24 heavy (non-hydrogen) atoms. The van der Waals surface area contributed by atoms with Gasteiger partial charge in [0, 0.05) is 10.7 Å². The molecule has 2 aromatic carbocycles. The van der Waals surface area contributed by atoms with E-state index in [4.69, 9.17) is 21.1 Å². The minimum absolute atomic E-state index is 0.0627. The molecule has 0 heterocycles. The number of anilines is 1. The summed E-state index contributed by atoms with van der Waals surface area (Å²) in [5.41, 5.74) is 2.61. The maximum Gasteiger partial charge on any atom is 0.262 e. The largest absolute Gasteiger partial charge is 0.497 e. The zero-order valence-electron chi connectivity index (χ0n) is 14.4. The molecular weight excluding hydrogens is 326 g/mol. The fraction of sp³-hybridized carbons (Fsp3) is 0.316. The molecule has 0 radical (unpaired) electrons. The van der Waals surface area contributed by atoms with Gasteiger partial charge >= 0.3 is 0 Å². The summed E-state index contributed by atoms with van der Waals surface area (Å²) in [5, 5.41) is 3.50. The van der Waals surface area contributed by atoms with Gasteiger partial charge in [0.05, 0.1) is 7.11 Å². The Morgan fingerprint density at radius 3 is 2.46 bits per heavy atom. The second-order valence-corrected chi connectivity index (χ2v) is 6.27. The van der Waals surface area contributed by atoms with Crippen molar-refractivity contribution in [2.75, 3.05) is 19.0 Å². The average molecular weight is 348 g/mol. The van der Waals surface area contributed by atoms with Gasteiger partial charge in [0.2, 0.25) is 0 Å². The van der Waals surface area contributed by atoms with Crippen LogP contribution in [0, 0.1) is 6.92 Å². The fourth-order valence-electron chi connectivity index (χ4n) is 2.26. The summed E-state index contributed by atoms with van der Waals surface area (Å²) >= 11 is 6.18. The highest BCUT2D eigenvalue weighted by Gasteiger charge is 2.13. The van der Waals surface area contributed by atoms with Gasteiger partial charge in [0.15, 0.2) is 6.61 Å². The Hall–Kier alpha value is -2.20. The molecule has 0 unspecified atom stereocenters. The van der Waals surface area contributed by atoms with Crippen molar-refractivity contribution in [3.63, 3.8) is 0 Å². The van der Waals surface area contributed by atoms with Gasteiger partial charge in [0.25, 0.3) is 5.91 Å². The average Bonchev–Trinajstić information content (AvgIpc) is 2.56. The Morgan fingerprint density at radius 1 is 1.21 bits per heavy atom. The van der Waals surface area contributed by atoms with E-state index in [1.807, 2.05) is 19.1 Å². The number of methoxy groups -OCH3 is 1. The van der Waals surface area contributed by atoms with Crippen molar-refractivity contribution in [1.29, 1.82) is 0 Å². The monoisotopic (exact) mass is 347 g/mol. The molecule has 0 spiro atoms. The zero-order valence-corrected chi connectivity index (χ0v) is 15.1. The third kappa shape index (κ3) is 4.65. The number of halogens is 1. The van der Waals surface area contributed by atoms with E-state index < -0.39 is 0 Å². The molecule has 1 N–H and O–H groups in total. The summed E-state index contributed by atoms with van der Waals surface area (Å²) in [4.78, 5) is 12.1. The Bertz CT molecular complexity index is 711. The number of hydrogen-bond acceptors (Lipinski definition) is 3. The van der Waals surface area contributed by atoms with Gasteiger partial charge in [-0.1, -0.05) is 25.4 Å². The Labute approximate surface area is 147 Å². The van der Waals surface area contributed by atoms with Gasteiger partial charge in [-0.05, 0) is 60.4 Å². The summed E-state index contributed by atoms with van der Waals surface area (Å²) in [7, 11) is 1.60. The molecule has 4 nitrogen and oxygen atoms in total. The van der Waals surface area contributed by atoms with E-state index in [1.165, 1.54) is 0 Å². The fourth-order valence-corrected chi connectivity index (χ4v) is 2.43. The number of amides is 1. The number of nitrogens with one attached hydrogen (secondary N) is 1. The molecule has 0 aliphatic rings. The van der Waals surface area contributed by atoms with Crippen molar-refractivity contribution >= 4 is 23.2 Å². The lowest BCUT2D eigenvalue weighted by Crippen LogP contribution is -2.20. The number of benzene rings is 2. The highest BCUT2D eigenvalue weighted by molar-refractivity contribution is 6.31. The van der Waals surface area contributed by atoms with Gasteiger partial charge in [0.1, 0.15) is 11.5 Å². The van der Waals surface area contributed by atoms with Gasteiger partial charge in [-0.3, -0.25) is 4.79 Å². The van der Waals surface area contributed by atoms with Crippen LogP contribution in [0.5, 0.6) is 11.5 Å². The predicted molar refractivity (Wildman–Crippen MR) is 97.4 cm³/mol. The van der Waals surface area contributed by atoms with E-state index >= 15 is 0 Å². The second-order valence-electron chi connectivity index (χ2n) is 5.86. The lowest BCUT2D eigenvalue weighted by atomic mass is 10.0. The third-order valence-corrected chi connectivity index (χ3v) is 4.05. The van der Waals surface area contributed by atoms with Gasteiger partial charge in [-0.2, -0.15) is 0 Å². The van der Waals surface area contributed by atoms with Crippen molar-refractivity contribution in [1.82, 2.24) is 0 Å². The molecule has 0 bridgehead atoms. The maximum atomic E-state index is 12.1. The van der Waals surface area contributed by atoms with E-state index in [-0.39, 0.29) is 18.4 Å². The molecule has 0 aliphatic heterocycles. The molecular formula is C19H22ClNO3. The standard InChI is InChI=1S/C19H22ClNO3/c1-12(2)16-10-17(20)13(3)9-18(16)24-11-19(22)21-14-5-7-15(23-4)8-6-14/h5-10,12H,11H2,1-4H3,(H,21,22). The SMILES string of the molecule is COc1ccc(NC(=O)COc2cc(C)c(Cl)cc2C(C)C)cc1. The molecule has 5 heteroatoms. The van der Waals surface area contributed by atoms with Crippen LogP contribution < -0.4 is 14.8 Å². The van der Waals surface area contributed by atoms with E-state index in [0.717, 1.165) is 16.9 Å². The molecule has 0 fully saturated rings. The van der Waals surface area contributed by atoms with Crippen LogP contribution in [0.4, 0.5) is 5.69 Å². The van der Waals surface area contributed by atoms with Crippen LogP contribution in [0.2, 0.25) is 5.02 Å². The van der Waals surface area contributed by atoms with Crippen molar-refractivity contribution in [2.24, 2.45) is 0 Å². The first-order valence-corrected chi connectivity index (χ1v) is 8.15. The molecule has 0 aromatic heterocycles. The van der Waals surface area contributed by atoms with Crippen LogP contribution in [-0.2, 0) is 4.79 Å². The predicted octanol–water partition coefficient (Wildman–Crippen LogP) is 4.80. The molecule has 128 valence electrons. The van der Waals surface area contributed by atoms with E-state index in [0.29, 0.717) is 16.5 Å². The van der Waals surface area contributed by atoms with Crippen molar-refractivity contribution in [3.05, 3.63) is 52.5 Å². The number of ether oxygens (including phenoxy) is 2. The van der Waals surface area contributed by atoms with Crippen LogP contribution in [0.3, 0.4) is 0 Å². The molecule has 0 saturated heterocycles. The molecule has 2 rings (SSSR count). The van der Waals surface area contributed by atoms with Gasteiger partial charge in [-0.25, -0.2) is 0 Å².